The third-order valence-electron chi connectivity index (χ3n) is 3.45. The minimum atomic E-state index is -0.0141. The lowest BCUT2D eigenvalue weighted by molar-refractivity contribution is 0.0926. The van der Waals surface area contributed by atoms with Gasteiger partial charge in [-0.1, -0.05) is 44.6 Å². The largest absolute Gasteiger partial charge is 0.381 e. The Labute approximate surface area is 109 Å². The fraction of sp³-hybridized carbons (Fsp3) is 0.438. The summed E-state index contributed by atoms with van der Waals surface area (Å²) in [7, 11) is 0. The first-order valence-corrected chi connectivity index (χ1v) is 6.84. The number of benzene rings is 1. The van der Waals surface area contributed by atoms with Crippen LogP contribution in [-0.2, 0) is 0 Å². The van der Waals surface area contributed by atoms with Crippen LogP contribution in [0.1, 0.15) is 43.5 Å². The zero-order valence-electron chi connectivity index (χ0n) is 11.1. The highest BCUT2D eigenvalue weighted by molar-refractivity contribution is 6.05. The summed E-state index contributed by atoms with van der Waals surface area (Å²) in [5.74, 6) is 0.243. The van der Waals surface area contributed by atoms with E-state index in [1.54, 1.807) is 0 Å². The van der Waals surface area contributed by atoms with Crippen molar-refractivity contribution in [1.29, 1.82) is 0 Å². The molecule has 0 bridgehead atoms. The van der Waals surface area contributed by atoms with Crippen LogP contribution in [0, 0.1) is 5.92 Å². The monoisotopic (exact) mass is 243 g/mol. The first kappa shape index (κ1) is 12.9. The standard InChI is InChI=1S/C16H21NO/c1-3-5-9-12-14(8-4-2)17-15-11-7-6-10-13(15)16(12)18/h5-7,9-12,14,17H,3-4,8H2,1-2H3/b9-5+. The predicted octanol–water partition coefficient (Wildman–Crippen LogP) is 4.05. The number of ketones is 1. The van der Waals surface area contributed by atoms with Gasteiger partial charge in [-0.25, -0.2) is 0 Å². The molecule has 0 saturated heterocycles. The van der Waals surface area contributed by atoms with Crippen molar-refractivity contribution < 1.29 is 4.79 Å². The Balaban J connectivity index is 2.33. The molecule has 2 atom stereocenters. The molecule has 1 aromatic rings. The fourth-order valence-corrected chi connectivity index (χ4v) is 2.54. The second-order valence-corrected chi connectivity index (χ2v) is 4.81. The van der Waals surface area contributed by atoms with Crippen LogP contribution < -0.4 is 5.32 Å². The summed E-state index contributed by atoms with van der Waals surface area (Å²) >= 11 is 0. The normalized spacial score (nSPS) is 22.9. The third-order valence-corrected chi connectivity index (χ3v) is 3.45. The summed E-state index contributed by atoms with van der Waals surface area (Å²) in [6.07, 6.45) is 7.26. The van der Waals surface area contributed by atoms with Gasteiger partial charge in [0.15, 0.2) is 5.78 Å². The number of allylic oxidation sites excluding steroid dienone is 1. The SMILES string of the molecule is CC/C=C/C1C(=O)c2ccccc2NC1CCC. The number of nitrogens with one attached hydrogen (secondary N) is 1. The van der Waals surface area contributed by atoms with Gasteiger partial charge >= 0.3 is 0 Å². The van der Waals surface area contributed by atoms with Crippen LogP contribution in [-0.4, -0.2) is 11.8 Å². The molecule has 1 aliphatic heterocycles. The van der Waals surface area contributed by atoms with Crippen LogP contribution in [0.2, 0.25) is 0 Å². The number of hydrogen-bond acceptors (Lipinski definition) is 2. The zero-order chi connectivity index (χ0) is 13.0. The maximum Gasteiger partial charge on any atom is 0.173 e. The van der Waals surface area contributed by atoms with E-state index in [4.69, 9.17) is 0 Å². The Bertz CT molecular complexity index is 450. The van der Waals surface area contributed by atoms with Gasteiger partial charge in [-0.05, 0) is 25.0 Å². The van der Waals surface area contributed by atoms with Gasteiger partial charge in [0, 0.05) is 17.3 Å². The number of hydrogen-bond donors (Lipinski definition) is 1. The first-order chi connectivity index (χ1) is 8.77. The van der Waals surface area contributed by atoms with E-state index in [-0.39, 0.29) is 17.7 Å². The van der Waals surface area contributed by atoms with Gasteiger partial charge in [0.05, 0.1) is 5.92 Å². The maximum atomic E-state index is 12.5. The van der Waals surface area contributed by atoms with Crippen molar-refractivity contribution in [3.05, 3.63) is 42.0 Å². The lowest BCUT2D eigenvalue weighted by Gasteiger charge is -2.32. The molecule has 96 valence electrons. The molecule has 0 aromatic heterocycles. The number of carbonyl (C=O) groups excluding carboxylic acids is 1. The topological polar surface area (TPSA) is 29.1 Å². The molecule has 2 rings (SSSR count). The molecule has 0 amide bonds. The van der Waals surface area contributed by atoms with Gasteiger partial charge in [0.1, 0.15) is 0 Å². The van der Waals surface area contributed by atoms with Gasteiger partial charge in [0.2, 0.25) is 0 Å². The van der Waals surface area contributed by atoms with Crippen molar-refractivity contribution in [1.82, 2.24) is 0 Å². The summed E-state index contributed by atoms with van der Waals surface area (Å²) in [5.41, 5.74) is 1.82. The number of fused-ring (bicyclic) bond motifs is 1. The minimum Gasteiger partial charge on any atom is -0.381 e. The van der Waals surface area contributed by atoms with Gasteiger partial charge in [0.25, 0.3) is 0 Å². The predicted molar refractivity (Wildman–Crippen MR) is 76.0 cm³/mol. The summed E-state index contributed by atoms with van der Waals surface area (Å²) in [5, 5.41) is 3.52. The fourth-order valence-electron chi connectivity index (χ4n) is 2.54. The molecule has 18 heavy (non-hydrogen) atoms. The van der Waals surface area contributed by atoms with E-state index in [2.05, 4.69) is 31.3 Å². The number of anilines is 1. The smallest absolute Gasteiger partial charge is 0.173 e. The van der Waals surface area contributed by atoms with E-state index in [1.165, 1.54) is 0 Å². The molecule has 2 heteroatoms. The Morgan fingerprint density at radius 2 is 2.06 bits per heavy atom. The lowest BCUT2D eigenvalue weighted by atomic mass is 9.83. The van der Waals surface area contributed by atoms with E-state index in [1.807, 2.05) is 24.3 Å². The highest BCUT2D eigenvalue weighted by Gasteiger charge is 2.32. The van der Waals surface area contributed by atoms with Crippen molar-refractivity contribution in [2.45, 2.75) is 39.2 Å². The Morgan fingerprint density at radius 1 is 1.28 bits per heavy atom. The van der Waals surface area contributed by atoms with Crippen molar-refractivity contribution in [2.24, 2.45) is 5.92 Å². The lowest BCUT2D eigenvalue weighted by Crippen LogP contribution is -2.38. The molecule has 2 nitrogen and oxygen atoms in total. The molecular weight excluding hydrogens is 222 g/mol. The van der Waals surface area contributed by atoms with Gasteiger partial charge in [-0.2, -0.15) is 0 Å². The van der Waals surface area contributed by atoms with Crippen LogP contribution in [0.4, 0.5) is 5.69 Å². The van der Waals surface area contributed by atoms with Crippen molar-refractivity contribution in [3.63, 3.8) is 0 Å². The molecule has 0 radical (unpaired) electrons. The molecule has 2 unspecified atom stereocenters. The average Bonchev–Trinajstić information content (AvgIpc) is 2.39. The summed E-state index contributed by atoms with van der Waals surface area (Å²) in [6, 6.07) is 8.05. The Morgan fingerprint density at radius 3 is 2.78 bits per heavy atom. The molecule has 1 heterocycles. The van der Waals surface area contributed by atoms with Crippen molar-refractivity contribution in [3.8, 4) is 0 Å². The molecule has 0 saturated carbocycles. The van der Waals surface area contributed by atoms with Crippen molar-refractivity contribution in [2.75, 3.05) is 5.32 Å². The third kappa shape index (κ3) is 2.47. The summed E-state index contributed by atoms with van der Waals surface area (Å²) in [6.45, 7) is 4.26. The summed E-state index contributed by atoms with van der Waals surface area (Å²) < 4.78 is 0. The maximum absolute atomic E-state index is 12.5. The van der Waals surface area contributed by atoms with E-state index in [0.717, 1.165) is 30.5 Å². The second kappa shape index (κ2) is 5.85. The van der Waals surface area contributed by atoms with E-state index in [9.17, 15) is 4.79 Å². The Kier molecular flexibility index (Phi) is 4.19. The molecule has 1 aromatic carbocycles. The zero-order valence-corrected chi connectivity index (χ0v) is 11.1. The number of rotatable bonds is 4. The van der Waals surface area contributed by atoms with Gasteiger partial charge < -0.3 is 5.32 Å². The van der Waals surface area contributed by atoms with Crippen LogP contribution in [0.5, 0.6) is 0 Å². The highest BCUT2D eigenvalue weighted by atomic mass is 16.1. The number of para-hydroxylation sites is 1. The number of Topliss-reactive ketones (excluding diaryl/α,β-unsaturated/α-hetero) is 1. The molecule has 1 N–H and O–H groups in total. The average molecular weight is 243 g/mol. The molecule has 0 aliphatic carbocycles. The Hall–Kier alpha value is -1.57. The molecule has 0 spiro atoms. The molecule has 1 aliphatic rings. The summed E-state index contributed by atoms with van der Waals surface area (Å²) in [4.78, 5) is 12.5. The van der Waals surface area contributed by atoms with E-state index in [0.29, 0.717) is 0 Å². The van der Waals surface area contributed by atoms with E-state index < -0.39 is 0 Å². The quantitative estimate of drug-likeness (QED) is 0.808. The number of carbonyl (C=O) groups is 1. The van der Waals surface area contributed by atoms with Crippen molar-refractivity contribution >= 4 is 11.5 Å². The van der Waals surface area contributed by atoms with Gasteiger partial charge in [-0.3, -0.25) is 4.79 Å². The molecule has 0 fully saturated rings. The second-order valence-electron chi connectivity index (χ2n) is 4.81. The van der Waals surface area contributed by atoms with Crippen LogP contribution >= 0.6 is 0 Å². The van der Waals surface area contributed by atoms with Gasteiger partial charge in [-0.15, -0.1) is 0 Å². The minimum absolute atomic E-state index is 0.0141. The van der Waals surface area contributed by atoms with E-state index >= 15 is 0 Å². The van der Waals surface area contributed by atoms with Crippen LogP contribution in [0.25, 0.3) is 0 Å². The molecular formula is C16H21NO. The first-order valence-electron chi connectivity index (χ1n) is 6.84. The van der Waals surface area contributed by atoms with Crippen LogP contribution in [0.3, 0.4) is 0 Å². The highest BCUT2D eigenvalue weighted by Crippen LogP contribution is 2.31. The van der Waals surface area contributed by atoms with Crippen LogP contribution in [0.15, 0.2) is 36.4 Å².